The maximum Gasteiger partial charge on any atom is 0.190 e. The van der Waals surface area contributed by atoms with Gasteiger partial charge in [0.25, 0.3) is 0 Å². The Balaban J connectivity index is 1.52. The quantitative estimate of drug-likeness (QED) is 0.710. The van der Waals surface area contributed by atoms with Crippen molar-refractivity contribution in [2.45, 2.75) is 6.42 Å². The number of nitrogens with one attached hydrogen (secondary N) is 2. The number of thiocarbonyl (C=S) groups is 1. The molecular formula is C16H14FN3S2. The van der Waals surface area contributed by atoms with Gasteiger partial charge in [-0.15, -0.1) is 0 Å². The molecule has 0 fully saturated rings. The van der Waals surface area contributed by atoms with E-state index in [0.717, 1.165) is 20.9 Å². The van der Waals surface area contributed by atoms with Crippen molar-refractivity contribution in [2.75, 3.05) is 11.9 Å². The van der Waals surface area contributed by atoms with Gasteiger partial charge < -0.3 is 10.6 Å². The third kappa shape index (κ3) is 3.78. The molecule has 1 heterocycles. The van der Waals surface area contributed by atoms with E-state index in [2.05, 4.69) is 15.6 Å². The molecule has 2 aromatic carbocycles. The summed E-state index contributed by atoms with van der Waals surface area (Å²) in [5, 5.41) is 7.48. The minimum absolute atomic E-state index is 0.215. The molecule has 0 saturated carbocycles. The van der Waals surface area contributed by atoms with Crippen molar-refractivity contribution in [3.05, 3.63) is 59.9 Å². The lowest BCUT2D eigenvalue weighted by molar-refractivity contribution is 0.625. The van der Waals surface area contributed by atoms with E-state index in [9.17, 15) is 4.39 Å². The van der Waals surface area contributed by atoms with Crippen LogP contribution in [0.1, 0.15) is 5.56 Å². The Morgan fingerprint density at radius 3 is 2.86 bits per heavy atom. The van der Waals surface area contributed by atoms with Gasteiger partial charge in [0.15, 0.2) is 10.2 Å². The van der Waals surface area contributed by atoms with E-state index in [1.54, 1.807) is 17.4 Å². The second-order valence-electron chi connectivity index (χ2n) is 4.75. The SMILES string of the molecule is Fc1cccc(CCNC(=S)Nc2nc3ccccc3s2)c1. The minimum atomic E-state index is -0.215. The van der Waals surface area contributed by atoms with Crippen molar-refractivity contribution < 1.29 is 4.39 Å². The monoisotopic (exact) mass is 331 g/mol. The fourth-order valence-electron chi connectivity index (χ4n) is 2.08. The molecule has 0 saturated heterocycles. The summed E-state index contributed by atoms with van der Waals surface area (Å²) in [4.78, 5) is 4.46. The van der Waals surface area contributed by atoms with Gasteiger partial charge in [0.2, 0.25) is 0 Å². The van der Waals surface area contributed by atoms with Crippen LogP contribution in [0.3, 0.4) is 0 Å². The summed E-state index contributed by atoms with van der Waals surface area (Å²) in [5.74, 6) is -0.215. The van der Waals surface area contributed by atoms with E-state index < -0.39 is 0 Å². The van der Waals surface area contributed by atoms with Crippen LogP contribution in [-0.4, -0.2) is 16.6 Å². The lowest BCUT2D eigenvalue weighted by Gasteiger charge is -2.08. The lowest BCUT2D eigenvalue weighted by atomic mass is 10.1. The Kier molecular flexibility index (Phi) is 4.60. The first kappa shape index (κ1) is 14.9. The number of halogens is 1. The first-order chi connectivity index (χ1) is 10.7. The minimum Gasteiger partial charge on any atom is -0.362 e. The molecule has 0 bridgehead atoms. The van der Waals surface area contributed by atoms with Crippen molar-refractivity contribution in [3.63, 3.8) is 0 Å². The highest BCUT2D eigenvalue weighted by Gasteiger charge is 2.04. The summed E-state index contributed by atoms with van der Waals surface area (Å²) in [5.41, 5.74) is 1.90. The fraction of sp³-hybridized carbons (Fsp3) is 0.125. The van der Waals surface area contributed by atoms with Gasteiger partial charge in [-0.3, -0.25) is 0 Å². The van der Waals surface area contributed by atoms with Gasteiger partial charge in [0, 0.05) is 6.54 Å². The standard InChI is InChI=1S/C16H14FN3S2/c17-12-5-3-4-11(10-12)8-9-18-15(21)20-16-19-13-6-1-2-7-14(13)22-16/h1-7,10H,8-9H2,(H2,18,19,20,21). The molecule has 2 N–H and O–H groups in total. The summed E-state index contributed by atoms with van der Waals surface area (Å²) in [6.07, 6.45) is 0.708. The van der Waals surface area contributed by atoms with E-state index in [4.69, 9.17) is 12.2 Å². The Bertz CT molecular complexity index is 768. The third-order valence-electron chi connectivity index (χ3n) is 3.10. The van der Waals surface area contributed by atoms with Gasteiger partial charge in [-0.2, -0.15) is 0 Å². The molecule has 0 radical (unpaired) electrons. The van der Waals surface area contributed by atoms with Crippen LogP contribution in [0.15, 0.2) is 48.5 Å². The molecule has 0 aliphatic rings. The zero-order chi connectivity index (χ0) is 15.4. The van der Waals surface area contributed by atoms with Gasteiger partial charge in [-0.05, 0) is 48.5 Å². The highest BCUT2D eigenvalue weighted by atomic mass is 32.1. The van der Waals surface area contributed by atoms with Crippen molar-refractivity contribution in [1.82, 2.24) is 10.3 Å². The van der Waals surface area contributed by atoms with Crippen LogP contribution >= 0.6 is 23.6 Å². The normalized spacial score (nSPS) is 10.6. The second kappa shape index (κ2) is 6.81. The molecule has 0 spiro atoms. The number of benzene rings is 2. The molecule has 1 aromatic heterocycles. The maximum atomic E-state index is 13.1. The highest BCUT2D eigenvalue weighted by molar-refractivity contribution is 7.80. The molecule has 3 aromatic rings. The van der Waals surface area contributed by atoms with E-state index in [-0.39, 0.29) is 5.82 Å². The largest absolute Gasteiger partial charge is 0.362 e. The summed E-state index contributed by atoms with van der Waals surface area (Å²) in [7, 11) is 0. The van der Waals surface area contributed by atoms with Crippen molar-refractivity contribution in [3.8, 4) is 0 Å². The van der Waals surface area contributed by atoms with Gasteiger partial charge in [-0.25, -0.2) is 9.37 Å². The average Bonchev–Trinajstić information content (AvgIpc) is 2.89. The zero-order valence-electron chi connectivity index (χ0n) is 11.7. The van der Waals surface area contributed by atoms with Crippen LogP contribution in [0, 0.1) is 5.82 Å². The predicted molar refractivity (Wildman–Crippen MR) is 93.9 cm³/mol. The number of para-hydroxylation sites is 1. The second-order valence-corrected chi connectivity index (χ2v) is 6.19. The molecule has 22 heavy (non-hydrogen) atoms. The lowest BCUT2D eigenvalue weighted by Crippen LogP contribution is -2.30. The van der Waals surface area contributed by atoms with Crippen molar-refractivity contribution >= 4 is 44.0 Å². The molecule has 0 amide bonds. The third-order valence-corrected chi connectivity index (χ3v) is 4.30. The number of aromatic nitrogens is 1. The van der Waals surface area contributed by atoms with E-state index in [1.165, 1.54) is 12.1 Å². The molecule has 0 aliphatic heterocycles. The molecule has 3 rings (SSSR count). The van der Waals surface area contributed by atoms with Crippen LogP contribution in [0.25, 0.3) is 10.2 Å². The number of nitrogens with zero attached hydrogens (tertiary/aromatic N) is 1. The number of rotatable bonds is 4. The van der Waals surface area contributed by atoms with Crippen LogP contribution in [-0.2, 0) is 6.42 Å². The Hall–Kier alpha value is -2.05. The van der Waals surface area contributed by atoms with E-state index in [0.29, 0.717) is 18.1 Å². The summed E-state index contributed by atoms with van der Waals surface area (Å²) in [6, 6.07) is 14.5. The Morgan fingerprint density at radius 2 is 2.05 bits per heavy atom. The maximum absolute atomic E-state index is 13.1. The topological polar surface area (TPSA) is 37.0 Å². The molecule has 0 unspecified atom stereocenters. The number of hydrogen-bond donors (Lipinski definition) is 2. The Labute approximate surface area is 137 Å². The van der Waals surface area contributed by atoms with Gasteiger partial charge in [0.1, 0.15) is 5.82 Å². The number of hydrogen-bond acceptors (Lipinski definition) is 3. The predicted octanol–water partition coefficient (Wildman–Crippen LogP) is 3.96. The summed E-state index contributed by atoms with van der Waals surface area (Å²) >= 11 is 6.81. The van der Waals surface area contributed by atoms with Crippen LogP contribution in [0.2, 0.25) is 0 Å². The molecule has 0 aliphatic carbocycles. The molecule has 0 atom stereocenters. The van der Waals surface area contributed by atoms with Gasteiger partial charge in [0.05, 0.1) is 10.2 Å². The first-order valence-corrected chi connectivity index (χ1v) is 8.08. The van der Waals surface area contributed by atoms with Crippen LogP contribution in [0.4, 0.5) is 9.52 Å². The van der Waals surface area contributed by atoms with Crippen LogP contribution < -0.4 is 10.6 Å². The zero-order valence-corrected chi connectivity index (χ0v) is 13.3. The van der Waals surface area contributed by atoms with Crippen molar-refractivity contribution in [1.29, 1.82) is 0 Å². The van der Waals surface area contributed by atoms with E-state index >= 15 is 0 Å². The molecular weight excluding hydrogens is 317 g/mol. The van der Waals surface area contributed by atoms with Gasteiger partial charge in [-0.1, -0.05) is 35.6 Å². The number of anilines is 1. The van der Waals surface area contributed by atoms with E-state index in [1.807, 2.05) is 30.3 Å². The van der Waals surface area contributed by atoms with Crippen molar-refractivity contribution in [2.24, 2.45) is 0 Å². The summed E-state index contributed by atoms with van der Waals surface area (Å²) in [6.45, 7) is 0.639. The molecule has 6 heteroatoms. The average molecular weight is 331 g/mol. The number of thiazole rings is 1. The van der Waals surface area contributed by atoms with Gasteiger partial charge >= 0.3 is 0 Å². The smallest absolute Gasteiger partial charge is 0.190 e. The Morgan fingerprint density at radius 1 is 1.18 bits per heavy atom. The molecule has 3 nitrogen and oxygen atoms in total. The van der Waals surface area contributed by atoms with Crippen LogP contribution in [0.5, 0.6) is 0 Å². The fourth-order valence-corrected chi connectivity index (χ4v) is 3.21. The summed E-state index contributed by atoms with van der Waals surface area (Å²) < 4.78 is 14.2. The first-order valence-electron chi connectivity index (χ1n) is 6.85. The highest BCUT2D eigenvalue weighted by Crippen LogP contribution is 2.25. The number of fused-ring (bicyclic) bond motifs is 1. The molecule has 112 valence electrons.